The van der Waals surface area contributed by atoms with E-state index in [9.17, 15) is 4.79 Å². The lowest BCUT2D eigenvalue weighted by Gasteiger charge is -2.30. The number of fused-ring (bicyclic) bond motifs is 1. The zero-order chi connectivity index (χ0) is 15.6. The number of carbonyl (C=O) groups excluding carboxylic acids is 1. The molecular formula is C20H19NO2. The predicted octanol–water partition coefficient (Wildman–Crippen LogP) is 3.19. The smallest absolute Gasteiger partial charge is 0.167 e. The average molecular weight is 305 g/mol. The minimum absolute atomic E-state index is 0.211. The Morgan fingerprint density at radius 2 is 1.70 bits per heavy atom. The molecule has 1 heterocycles. The number of morpholine rings is 1. The SMILES string of the molecule is O=C1Cc2ccccc2/C1=C/c1ccccc1N1CCOCC1. The summed E-state index contributed by atoms with van der Waals surface area (Å²) in [6, 6.07) is 16.4. The monoisotopic (exact) mass is 305 g/mol. The van der Waals surface area contributed by atoms with E-state index in [0.717, 1.165) is 48.6 Å². The number of para-hydroxylation sites is 1. The van der Waals surface area contributed by atoms with Crippen LogP contribution in [0.5, 0.6) is 0 Å². The molecule has 0 bridgehead atoms. The third kappa shape index (κ3) is 2.68. The topological polar surface area (TPSA) is 29.5 Å². The van der Waals surface area contributed by atoms with Crippen molar-refractivity contribution in [1.29, 1.82) is 0 Å². The summed E-state index contributed by atoms with van der Waals surface area (Å²) in [4.78, 5) is 14.8. The van der Waals surface area contributed by atoms with Crippen LogP contribution in [-0.4, -0.2) is 32.1 Å². The van der Waals surface area contributed by atoms with Crippen molar-refractivity contribution in [2.24, 2.45) is 0 Å². The van der Waals surface area contributed by atoms with Gasteiger partial charge in [-0.25, -0.2) is 0 Å². The molecule has 1 aliphatic heterocycles. The molecule has 0 saturated carbocycles. The van der Waals surface area contributed by atoms with E-state index in [0.29, 0.717) is 6.42 Å². The molecule has 1 fully saturated rings. The Morgan fingerprint density at radius 1 is 0.957 bits per heavy atom. The maximum Gasteiger partial charge on any atom is 0.167 e. The number of allylic oxidation sites excluding steroid dienone is 1. The molecule has 1 aliphatic carbocycles. The second-order valence-corrected chi connectivity index (χ2v) is 5.97. The van der Waals surface area contributed by atoms with Crippen molar-refractivity contribution >= 4 is 23.1 Å². The summed E-state index contributed by atoms with van der Waals surface area (Å²) < 4.78 is 5.45. The first kappa shape index (κ1) is 14.2. The molecule has 0 radical (unpaired) electrons. The Bertz CT molecular complexity index is 773. The van der Waals surface area contributed by atoms with Gasteiger partial charge in [-0.05, 0) is 28.8 Å². The molecule has 0 spiro atoms. The molecule has 0 unspecified atom stereocenters. The van der Waals surface area contributed by atoms with Crippen LogP contribution in [0.25, 0.3) is 11.6 Å². The molecule has 2 aromatic rings. The molecule has 0 atom stereocenters. The number of nitrogens with zero attached hydrogens (tertiary/aromatic N) is 1. The molecule has 2 aliphatic rings. The van der Waals surface area contributed by atoms with Crippen LogP contribution in [0, 0.1) is 0 Å². The lowest BCUT2D eigenvalue weighted by Crippen LogP contribution is -2.36. The predicted molar refractivity (Wildman–Crippen MR) is 92.5 cm³/mol. The number of Topliss-reactive ketones (excluding diaryl/α,β-unsaturated/α-hetero) is 1. The molecule has 0 amide bonds. The summed E-state index contributed by atoms with van der Waals surface area (Å²) >= 11 is 0. The van der Waals surface area contributed by atoms with Gasteiger partial charge in [-0.15, -0.1) is 0 Å². The number of hydrogen-bond acceptors (Lipinski definition) is 3. The largest absolute Gasteiger partial charge is 0.378 e. The number of rotatable bonds is 2. The van der Waals surface area contributed by atoms with Gasteiger partial charge in [0.1, 0.15) is 0 Å². The molecule has 23 heavy (non-hydrogen) atoms. The van der Waals surface area contributed by atoms with Gasteiger partial charge < -0.3 is 9.64 Å². The molecular weight excluding hydrogens is 286 g/mol. The molecule has 4 rings (SSSR count). The molecule has 116 valence electrons. The first-order chi connectivity index (χ1) is 11.3. The third-order valence-electron chi connectivity index (χ3n) is 4.55. The Morgan fingerprint density at radius 3 is 2.57 bits per heavy atom. The van der Waals surface area contributed by atoms with E-state index < -0.39 is 0 Å². The molecule has 1 saturated heterocycles. The quantitative estimate of drug-likeness (QED) is 0.798. The number of benzene rings is 2. The van der Waals surface area contributed by atoms with Crippen molar-refractivity contribution < 1.29 is 9.53 Å². The van der Waals surface area contributed by atoms with E-state index in [1.54, 1.807) is 0 Å². The van der Waals surface area contributed by atoms with Crippen molar-refractivity contribution in [3.05, 3.63) is 65.2 Å². The van der Waals surface area contributed by atoms with Gasteiger partial charge in [-0.1, -0.05) is 42.5 Å². The fourth-order valence-corrected chi connectivity index (χ4v) is 3.37. The summed E-state index contributed by atoms with van der Waals surface area (Å²) in [5, 5.41) is 0. The zero-order valence-electron chi connectivity index (χ0n) is 13.0. The van der Waals surface area contributed by atoms with E-state index in [1.807, 2.05) is 30.3 Å². The zero-order valence-corrected chi connectivity index (χ0v) is 13.0. The van der Waals surface area contributed by atoms with E-state index in [4.69, 9.17) is 4.74 Å². The van der Waals surface area contributed by atoms with E-state index in [1.165, 1.54) is 5.69 Å². The van der Waals surface area contributed by atoms with Crippen LogP contribution in [0.4, 0.5) is 5.69 Å². The van der Waals surface area contributed by atoms with Crippen molar-refractivity contribution in [2.45, 2.75) is 6.42 Å². The highest BCUT2D eigenvalue weighted by Gasteiger charge is 2.24. The summed E-state index contributed by atoms with van der Waals surface area (Å²) in [6.07, 6.45) is 2.57. The van der Waals surface area contributed by atoms with Crippen LogP contribution >= 0.6 is 0 Å². The van der Waals surface area contributed by atoms with Crippen molar-refractivity contribution in [3.8, 4) is 0 Å². The average Bonchev–Trinajstić information content (AvgIpc) is 2.92. The van der Waals surface area contributed by atoms with Crippen molar-refractivity contribution in [3.63, 3.8) is 0 Å². The van der Waals surface area contributed by atoms with Crippen LogP contribution in [0.3, 0.4) is 0 Å². The highest BCUT2D eigenvalue weighted by molar-refractivity contribution is 6.29. The van der Waals surface area contributed by atoms with Gasteiger partial charge in [0, 0.05) is 30.8 Å². The van der Waals surface area contributed by atoms with Crippen LogP contribution in [0.15, 0.2) is 48.5 Å². The van der Waals surface area contributed by atoms with Crippen molar-refractivity contribution in [2.75, 3.05) is 31.2 Å². The third-order valence-corrected chi connectivity index (χ3v) is 4.55. The first-order valence-corrected chi connectivity index (χ1v) is 8.08. The molecule has 0 N–H and O–H groups in total. The normalized spacial score (nSPS) is 19.2. The standard InChI is InChI=1S/C20H19NO2/c22-20-14-15-5-1-3-7-17(15)18(20)13-16-6-2-4-8-19(16)21-9-11-23-12-10-21/h1-8,13H,9-12,14H2/b18-13-. The summed E-state index contributed by atoms with van der Waals surface area (Å²) in [6.45, 7) is 3.30. The molecule has 2 aromatic carbocycles. The first-order valence-electron chi connectivity index (χ1n) is 8.08. The number of anilines is 1. The number of carbonyl (C=O) groups is 1. The summed E-state index contributed by atoms with van der Waals surface area (Å²) in [7, 11) is 0. The Labute approximate surface area is 136 Å². The second-order valence-electron chi connectivity index (χ2n) is 5.97. The Balaban J connectivity index is 1.76. The minimum atomic E-state index is 0.211. The highest BCUT2D eigenvalue weighted by Crippen LogP contribution is 2.33. The Hall–Kier alpha value is -2.39. The van der Waals surface area contributed by atoms with Crippen LogP contribution < -0.4 is 4.90 Å². The van der Waals surface area contributed by atoms with Gasteiger partial charge in [0.2, 0.25) is 0 Å². The molecule has 3 heteroatoms. The van der Waals surface area contributed by atoms with Crippen LogP contribution in [0.1, 0.15) is 16.7 Å². The van der Waals surface area contributed by atoms with Crippen molar-refractivity contribution in [1.82, 2.24) is 0 Å². The van der Waals surface area contributed by atoms with Gasteiger partial charge in [0.25, 0.3) is 0 Å². The van der Waals surface area contributed by atoms with Crippen LogP contribution in [0.2, 0.25) is 0 Å². The van der Waals surface area contributed by atoms with E-state index >= 15 is 0 Å². The molecule has 0 aromatic heterocycles. The number of ether oxygens (including phenoxy) is 1. The summed E-state index contributed by atoms with van der Waals surface area (Å²) in [5.41, 5.74) is 5.33. The lowest BCUT2D eigenvalue weighted by molar-refractivity contribution is -0.112. The van der Waals surface area contributed by atoms with E-state index in [-0.39, 0.29) is 5.78 Å². The van der Waals surface area contributed by atoms with Gasteiger partial charge in [-0.2, -0.15) is 0 Å². The minimum Gasteiger partial charge on any atom is -0.378 e. The fourth-order valence-electron chi connectivity index (χ4n) is 3.37. The summed E-state index contributed by atoms with van der Waals surface area (Å²) in [5.74, 6) is 0.211. The fraction of sp³-hybridized carbons (Fsp3) is 0.250. The Kier molecular flexibility index (Phi) is 3.72. The number of hydrogen-bond donors (Lipinski definition) is 0. The molecule has 3 nitrogen and oxygen atoms in total. The second kappa shape index (κ2) is 6.01. The van der Waals surface area contributed by atoms with Gasteiger partial charge in [0.15, 0.2) is 5.78 Å². The number of ketones is 1. The maximum atomic E-state index is 12.4. The maximum absolute atomic E-state index is 12.4. The van der Waals surface area contributed by atoms with Crippen LogP contribution in [-0.2, 0) is 16.0 Å². The van der Waals surface area contributed by atoms with Gasteiger partial charge in [-0.3, -0.25) is 4.79 Å². The highest BCUT2D eigenvalue weighted by atomic mass is 16.5. The van der Waals surface area contributed by atoms with Gasteiger partial charge >= 0.3 is 0 Å². The lowest BCUT2D eigenvalue weighted by atomic mass is 10.0. The van der Waals surface area contributed by atoms with E-state index in [2.05, 4.69) is 29.2 Å². The van der Waals surface area contributed by atoms with Gasteiger partial charge in [0.05, 0.1) is 13.2 Å².